The van der Waals surface area contributed by atoms with E-state index in [1.54, 1.807) is 31.4 Å². The average molecular weight is 515 g/mol. The van der Waals surface area contributed by atoms with E-state index in [0.717, 1.165) is 17.8 Å². The molecule has 2 aromatic carbocycles. The van der Waals surface area contributed by atoms with Crippen molar-refractivity contribution in [2.75, 3.05) is 31.9 Å². The third-order valence-electron chi connectivity index (χ3n) is 4.38. The van der Waals surface area contributed by atoms with E-state index in [2.05, 4.69) is 14.7 Å². The molecule has 12 heteroatoms. The van der Waals surface area contributed by atoms with Gasteiger partial charge in [0, 0.05) is 30.3 Å². The minimum absolute atomic E-state index is 0.0179. The molecule has 1 amide bonds. The Balaban J connectivity index is 1.49. The molecule has 0 saturated carbocycles. The van der Waals surface area contributed by atoms with Crippen LogP contribution in [0.3, 0.4) is 0 Å². The van der Waals surface area contributed by atoms with Gasteiger partial charge in [0.05, 0.1) is 20.3 Å². The minimum atomic E-state index is -3.59. The van der Waals surface area contributed by atoms with E-state index < -0.39 is 15.7 Å². The summed E-state index contributed by atoms with van der Waals surface area (Å²) >= 11 is 0.712. The summed E-state index contributed by atoms with van der Waals surface area (Å²) in [6.07, 6.45) is 3.04. The molecular formula is C23H22N4O6S2. The lowest BCUT2D eigenvalue weighted by atomic mass is 10.1. The quantitative estimate of drug-likeness (QED) is 0.232. The van der Waals surface area contributed by atoms with Gasteiger partial charge in [-0.2, -0.15) is 14.6 Å². The van der Waals surface area contributed by atoms with Crippen molar-refractivity contribution in [1.29, 1.82) is 5.26 Å². The fourth-order valence-electron chi connectivity index (χ4n) is 2.68. The topological polar surface area (TPSA) is 140 Å². The summed E-state index contributed by atoms with van der Waals surface area (Å²) < 4.78 is 43.1. The number of anilines is 1. The first-order chi connectivity index (χ1) is 16.8. The van der Waals surface area contributed by atoms with E-state index in [9.17, 15) is 18.5 Å². The van der Waals surface area contributed by atoms with Crippen LogP contribution in [-0.2, 0) is 14.6 Å². The Morgan fingerprint density at radius 3 is 2.43 bits per heavy atom. The summed E-state index contributed by atoms with van der Waals surface area (Å²) in [5.74, 6) is 1.36. The van der Waals surface area contributed by atoms with Crippen LogP contribution >= 0.6 is 11.5 Å². The maximum absolute atomic E-state index is 12.4. The third-order valence-corrected chi connectivity index (χ3v) is 5.97. The van der Waals surface area contributed by atoms with Gasteiger partial charge in [0.25, 0.3) is 11.1 Å². The summed E-state index contributed by atoms with van der Waals surface area (Å²) in [5.41, 5.74) is 0.434. The number of methoxy groups -OCH3 is 1. The highest BCUT2D eigenvalue weighted by Gasteiger charge is 2.17. The summed E-state index contributed by atoms with van der Waals surface area (Å²) in [7, 11) is -1.99. The van der Waals surface area contributed by atoms with Gasteiger partial charge in [0.2, 0.25) is 15.0 Å². The number of nitriles is 1. The molecule has 3 rings (SSSR count). The second kappa shape index (κ2) is 12.0. The van der Waals surface area contributed by atoms with Crippen LogP contribution in [-0.4, -0.2) is 50.3 Å². The maximum atomic E-state index is 12.4. The Morgan fingerprint density at radius 1 is 1.11 bits per heavy atom. The SMILES string of the molecule is COc1cccc(OCCCOc2ccc(/C=C(/C#N)C(=O)Nc3nc(S(C)(=O)=O)ns3)cc2)c1. The number of nitrogens with zero attached hydrogens (tertiary/aromatic N) is 3. The maximum Gasteiger partial charge on any atom is 0.268 e. The van der Waals surface area contributed by atoms with Gasteiger partial charge in [-0.05, 0) is 35.9 Å². The van der Waals surface area contributed by atoms with Gasteiger partial charge >= 0.3 is 0 Å². The van der Waals surface area contributed by atoms with Gasteiger partial charge in [0.1, 0.15) is 28.9 Å². The lowest BCUT2D eigenvalue weighted by molar-refractivity contribution is -0.112. The highest BCUT2D eigenvalue weighted by molar-refractivity contribution is 7.90. The summed E-state index contributed by atoms with van der Waals surface area (Å²) in [6, 6.07) is 16.1. The molecule has 0 radical (unpaired) electrons. The molecule has 182 valence electrons. The molecule has 1 aromatic heterocycles. The monoisotopic (exact) mass is 514 g/mol. The number of sulfone groups is 1. The molecule has 0 aliphatic rings. The zero-order valence-electron chi connectivity index (χ0n) is 18.9. The van der Waals surface area contributed by atoms with Crippen LogP contribution in [0.1, 0.15) is 12.0 Å². The molecule has 0 bridgehead atoms. The van der Waals surface area contributed by atoms with Crippen molar-refractivity contribution in [2.24, 2.45) is 0 Å². The number of ether oxygens (including phenoxy) is 3. The molecule has 10 nitrogen and oxygen atoms in total. The Labute approximate surface area is 206 Å². The fourth-order valence-corrected chi connectivity index (χ4v) is 4.12. The number of hydrogen-bond acceptors (Lipinski definition) is 10. The number of rotatable bonds is 11. The summed E-state index contributed by atoms with van der Waals surface area (Å²) in [5, 5.41) is 11.3. The predicted octanol–water partition coefficient (Wildman–Crippen LogP) is 3.34. The van der Waals surface area contributed by atoms with Crippen LogP contribution in [0.2, 0.25) is 0 Å². The van der Waals surface area contributed by atoms with Crippen molar-refractivity contribution in [1.82, 2.24) is 9.36 Å². The number of hydrogen-bond donors (Lipinski definition) is 1. The van der Waals surface area contributed by atoms with E-state index in [4.69, 9.17) is 14.2 Å². The normalized spacial score (nSPS) is 11.4. The average Bonchev–Trinajstić information content (AvgIpc) is 3.32. The van der Waals surface area contributed by atoms with E-state index in [-0.39, 0.29) is 15.9 Å². The zero-order chi connectivity index (χ0) is 25.3. The van der Waals surface area contributed by atoms with Crippen molar-refractivity contribution in [3.05, 3.63) is 59.7 Å². The van der Waals surface area contributed by atoms with Gasteiger partial charge in [-0.3, -0.25) is 10.1 Å². The van der Waals surface area contributed by atoms with Crippen LogP contribution in [0.4, 0.5) is 5.13 Å². The summed E-state index contributed by atoms with van der Waals surface area (Å²) in [4.78, 5) is 16.1. The number of nitrogens with one attached hydrogen (secondary N) is 1. The van der Waals surface area contributed by atoms with Crippen LogP contribution in [0.15, 0.2) is 59.3 Å². The van der Waals surface area contributed by atoms with Crippen molar-refractivity contribution in [2.45, 2.75) is 11.6 Å². The number of carbonyl (C=O) groups is 1. The Bertz CT molecular complexity index is 1340. The van der Waals surface area contributed by atoms with Gasteiger partial charge in [-0.25, -0.2) is 8.42 Å². The number of benzene rings is 2. The van der Waals surface area contributed by atoms with Crippen LogP contribution in [0.25, 0.3) is 6.08 Å². The molecule has 1 N–H and O–H groups in total. The van der Waals surface area contributed by atoms with Crippen molar-refractivity contribution in [3.8, 4) is 23.3 Å². The van der Waals surface area contributed by atoms with Crippen LogP contribution < -0.4 is 19.5 Å². The van der Waals surface area contributed by atoms with Crippen LogP contribution in [0.5, 0.6) is 17.2 Å². The van der Waals surface area contributed by atoms with Crippen LogP contribution in [0, 0.1) is 11.3 Å². The molecule has 0 aliphatic heterocycles. The Hall–Kier alpha value is -3.95. The second-order valence-electron chi connectivity index (χ2n) is 7.08. The molecule has 0 aliphatic carbocycles. The highest BCUT2D eigenvalue weighted by Crippen LogP contribution is 2.20. The first-order valence-corrected chi connectivity index (χ1v) is 12.9. The predicted molar refractivity (Wildman–Crippen MR) is 130 cm³/mol. The van der Waals surface area contributed by atoms with Gasteiger partial charge in [-0.15, -0.1) is 0 Å². The third kappa shape index (κ3) is 7.80. The summed E-state index contributed by atoms with van der Waals surface area (Å²) in [6.45, 7) is 0.928. The van der Waals surface area contributed by atoms with Gasteiger partial charge in [0.15, 0.2) is 0 Å². The molecule has 0 spiro atoms. The molecule has 0 unspecified atom stereocenters. The molecule has 0 fully saturated rings. The lowest BCUT2D eigenvalue weighted by Crippen LogP contribution is -2.13. The van der Waals surface area contributed by atoms with E-state index in [1.807, 2.05) is 30.3 Å². The van der Waals surface area contributed by atoms with Gasteiger partial charge in [-0.1, -0.05) is 18.2 Å². The van der Waals surface area contributed by atoms with E-state index in [1.165, 1.54) is 6.08 Å². The number of amides is 1. The highest BCUT2D eigenvalue weighted by atomic mass is 32.2. The Kier molecular flexibility index (Phi) is 8.77. The standard InChI is InChI=1S/C23H22N4O6S2/c1-31-19-5-3-6-20(14-19)33-12-4-11-32-18-9-7-16(8-10-18)13-17(15-24)21(28)25-22-26-23(27-34-22)35(2,29)30/h3,5-10,13-14H,4,11-12H2,1-2H3,(H,25,26,27,28)/b17-13-. The molecule has 3 aromatic rings. The zero-order valence-corrected chi connectivity index (χ0v) is 20.6. The molecular weight excluding hydrogens is 492 g/mol. The minimum Gasteiger partial charge on any atom is -0.497 e. The first-order valence-electron chi connectivity index (χ1n) is 10.2. The molecule has 35 heavy (non-hydrogen) atoms. The van der Waals surface area contributed by atoms with Crippen molar-refractivity contribution >= 4 is 38.5 Å². The second-order valence-corrected chi connectivity index (χ2v) is 9.74. The van der Waals surface area contributed by atoms with E-state index in [0.29, 0.717) is 42.5 Å². The first kappa shape index (κ1) is 25.7. The molecule has 1 heterocycles. The molecule has 0 saturated heterocycles. The Morgan fingerprint density at radius 2 is 1.80 bits per heavy atom. The number of aromatic nitrogens is 2. The largest absolute Gasteiger partial charge is 0.497 e. The lowest BCUT2D eigenvalue weighted by Gasteiger charge is -2.09. The van der Waals surface area contributed by atoms with Gasteiger partial charge < -0.3 is 14.2 Å². The van der Waals surface area contributed by atoms with Crippen molar-refractivity contribution in [3.63, 3.8) is 0 Å². The molecule has 0 atom stereocenters. The smallest absolute Gasteiger partial charge is 0.268 e. The number of carbonyl (C=O) groups excluding carboxylic acids is 1. The van der Waals surface area contributed by atoms with E-state index >= 15 is 0 Å². The van der Waals surface area contributed by atoms with Crippen molar-refractivity contribution < 1.29 is 27.4 Å². The fraction of sp³-hybridized carbons (Fsp3) is 0.217.